The molecule has 136 valence electrons. The van der Waals surface area contributed by atoms with E-state index in [4.69, 9.17) is 0 Å². The SMILES string of the molecule is CCn1c(CNC(=O)[C@H](C)NC(=O)c2ccc(Br)s2)nc2ccccc21. The van der Waals surface area contributed by atoms with Crippen molar-refractivity contribution in [2.75, 3.05) is 0 Å². The number of nitrogens with one attached hydrogen (secondary N) is 2. The molecule has 0 fully saturated rings. The molecule has 26 heavy (non-hydrogen) atoms. The van der Waals surface area contributed by atoms with E-state index < -0.39 is 6.04 Å². The summed E-state index contributed by atoms with van der Waals surface area (Å²) in [5.74, 6) is 0.288. The third kappa shape index (κ3) is 3.96. The minimum Gasteiger partial charge on any atom is -0.347 e. The molecule has 0 unspecified atom stereocenters. The average molecular weight is 435 g/mol. The second kappa shape index (κ2) is 8.01. The molecule has 0 saturated heterocycles. The van der Waals surface area contributed by atoms with E-state index in [0.29, 0.717) is 11.4 Å². The zero-order valence-electron chi connectivity index (χ0n) is 14.5. The fraction of sp³-hybridized carbons (Fsp3) is 0.278. The minimum atomic E-state index is -0.636. The summed E-state index contributed by atoms with van der Waals surface area (Å²) < 4.78 is 2.94. The number of carbonyl (C=O) groups is 2. The van der Waals surface area contributed by atoms with Crippen molar-refractivity contribution in [3.8, 4) is 0 Å². The summed E-state index contributed by atoms with van der Waals surface area (Å²) in [7, 11) is 0. The number of halogens is 1. The molecule has 0 spiro atoms. The molecular weight excluding hydrogens is 416 g/mol. The molecule has 0 bridgehead atoms. The zero-order chi connectivity index (χ0) is 18.7. The highest BCUT2D eigenvalue weighted by atomic mass is 79.9. The van der Waals surface area contributed by atoms with E-state index in [0.717, 1.165) is 27.2 Å². The van der Waals surface area contributed by atoms with Crippen molar-refractivity contribution in [3.63, 3.8) is 0 Å². The molecule has 1 atom stereocenters. The second-order valence-electron chi connectivity index (χ2n) is 5.78. The van der Waals surface area contributed by atoms with Gasteiger partial charge in [0.15, 0.2) is 0 Å². The van der Waals surface area contributed by atoms with Crippen LogP contribution in [0.2, 0.25) is 0 Å². The lowest BCUT2D eigenvalue weighted by molar-refractivity contribution is -0.122. The number of aromatic nitrogens is 2. The number of nitrogens with zero attached hydrogens (tertiary/aromatic N) is 2. The van der Waals surface area contributed by atoms with Crippen LogP contribution in [0.3, 0.4) is 0 Å². The van der Waals surface area contributed by atoms with E-state index >= 15 is 0 Å². The number of hydrogen-bond donors (Lipinski definition) is 2. The first-order valence-corrected chi connectivity index (χ1v) is 9.88. The van der Waals surface area contributed by atoms with Crippen molar-refractivity contribution in [2.24, 2.45) is 0 Å². The van der Waals surface area contributed by atoms with Gasteiger partial charge < -0.3 is 15.2 Å². The number of hydrogen-bond acceptors (Lipinski definition) is 4. The monoisotopic (exact) mass is 434 g/mol. The number of aryl methyl sites for hydroxylation is 1. The summed E-state index contributed by atoms with van der Waals surface area (Å²) in [6.45, 7) is 4.79. The van der Waals surface area contributed by atoms with Gasteiger partial charge in [-0.25, -0.2) is 4.98 Å². The Labute approximate surface area is 163 Å². The topological polar surface area (TPSA) is 76.0 Å². The third-order valence-electron chi connectivity index (χ3n) is 4.01. The Bertz CT molecular complexity index is 950. The lowest BCUT2D eigenvalue weighted by atomic mass is 10.3. The minimum absolute atomic E-state index is 0.247. The molecule has 2 amide bonds. The molecule has 8 heteroatoms. The van der Waals surface area contributed by atoms with Crippen LogP contribution in [0.1, 0.15) is 29.3 Å². The van der Waals surface area contributed by atoms with Crippen LogP contribution in [0.5, 0.6) is 0 Å². The van der Waals surface area contributed by atoms with Gasteiger partial charge in [0, 0.05) is 6.54 Å². The smallest absolute Gasteiger partial charge is 0.262 e. The molecule has 0 aliphatic rings. The number of para-hydroxylation sites is 2. The Morgan fingerprint density at radius 2 is 2.04 bits per heavy atom. The highest BCUT2D eigenvalue weighted by Gasteiger charge is 2.18. The number of imidazole rings is 1. The number of benzene rings is 1. The summed E-state index contributed by atoms with van der Waals surface area (Å²) >= 11 is 4.65. The van der Waals surface area contributed by atoms with E-state index in [1.54, 1.807) is 19.1 Å². The molecule has 0 aliphatic heterocycles. The van der Waals surface area contributed by atoms with Crippen LogP contribution in [0.15, 0.2) is 40.2 Å². The van der Waals surface area contributed by atoms with Gasteiger partial charge in [-0.3, -0.25) is 9.59 Å². The van der Waals surface area contributed by atoms with Crippen molar-refractivity contribution in [1.82, 2.24) is 20.2 Å². The van der Waals surface area contributed by atoms with Crippen LogP contribution in [-0.4, -0.2) is 27.4 Å². The highest BCUT2D eigenvalue weighted by molar-refractivity contribution is 9.11. The van der Waals surface area contributed by atoms with Crippen LogP contribution in [-0.2, 0) is 17.9 Å². The van der Waals surface area contributed by atoms with Crippen LogP contribution in [0.25, 0.3) is 11.0 Å². The van der Waals surface area contributed by atoms with E-state index in [1.165, 1.54) is 11.3 Å². The highest BCUT2D eigenvalue weighted by Crippen LogP contribution is 2.22. The molecular formula is C18H19BrN4O2S. The maximum atomic E-state index is 12.3. The zero-order valence-corrected chi connectivity index (χ0v) is 16.9. The van der Waals surface area contributed by atoms with Crippen LogP contribution in [0.4, 0.5) is 0 Å². The number of rotatable bonds is 6. The number of thiophene rings is 1. The first-order chi connectivity index (χ1) is 12.5. The summed E-state index contributed by atoms with van der Waals surface area (Å²) in [6, 6.07) is 10.8. The van der Waals surface area contributed by atoms with E-state index in [-0.39, 0.29) is 11.8 Å². The maximum Gasteiger partial charge on any atom is 0.262 e. The predicted octanol–water partition coefficient (Wildman–Crippen LogP) is 3.31. The standard InChI is InChI=1S/C18H19BrN4O2S/c1-3-23-13-7-5-4-6-12(13)22-16(23)10-20-17(24)11(2)21-18(25)14-8-9-15(19)26-14/h4-9,11H,3,10H2,1-2H3,(H,20,24)(H,21,25)/t11-/m0/s1. The summed E-state index contributed by atoms with van der Waals surface area (Å²) in [4.78, 5) is 29.6. The van der Waals surface area contributed by atoms with Gasteiger partial charge in [-0.15, -0.1) is 11.3 Å². The number of amides is 2. The van der Waals surface area contributed by atoms with Gasteiger partial charge in [0.2, 0.25) is 5.91 Å². The predicted molar refractivity (Wildman–Crippen MR) is 106 cm³/mol. The second-order valence-corrected chi connectivity index (χ2v) is 8.24. The molecule has 0 saturated carbocycles. The van der Waals surface area contributed by atoms with Crippen molar-refractivity contribution in [1.29, 1.82) is 0 Å². The van der Waals surface area contributed by atoms with Gasteiger partial charge in [-0.2, -0.15) is 0 Å². The van der Waals surface area contributed by atoms with Gasteiger partial charge in [0.25, 0.3) is 5.91 Å². The molecule has 0 radical (unpaired) electrons. The van der Waals surface area contributed by atoms with Crippen molar-refractivity contribution >= 4 is 50.1 Å². The van der Waals surface area contributed by atoms with E-state index in [2.05, 4.69) is 36.1 Å². The van der Waals surface area contributed by atoms with Gasteiger partial charge in [-0.05, 0) is 54.0 Å². The average Bonchev–Trinajstić information content (AvgIpc) is 3.22. The summed E-state index contributed by atoms with van der Waals surface area (Å²) in [6.07, 6.45) is 0. The molecule has 1 aromatic carbocycles. The van der Waals surface area contributed by atoms with Gasteiger partial charge in [0.05, 0.1) is 26.2 Å². The molecule has 2 aromatic heterocycles. The third-order valence-corrected chi connectivity index (χ3v) is 5.63. The molecule has 3 rings (SSSR count). The Kier molecular flexibility index (Phi) is 5.73. The largest absolute Gasteiger partial charge is 0.347 e. The fourth-order valence-corrected chi connectivity index (χ4v) is 3.99. The summed E-state index contributed by atoms with van der Waals surface area (Å²) in [5, 5.41) is 5.57. The summed E-state index contributed by atoms with van der Waals surface area (Å²) in [5.41, 5.74) is 1.95. The van der Waals surface area contributed by atoms with Crippen LogP contribution < -0.4 is 10.6 Å². The Morgan fingerprint density at radius 3 is 2.73 bits per heavy atom. The first-order valence-electron chi connectivity index (χ1n) is 8.27. The van der Waals surface area contributed by atoms with E-state index in [1.807, 2.05) is 31.2 Å². The van der Waals surface area contributed by atoms with Crippen molar-refractivity contribution < 1.29 is 9.59 Å². The lowest BCUT2D eigenvalue weighted by Gasteiger charge is -2.14. The molecule has 2 heterocycles. The molecule has 0 aliphatic carbocycles. The lowest BCUT2D eigenvalue weighted by Crippen LogP contribution is -2.44. The normalized spacial score (nSPS) is 12.1. The number of fused-ring (bicyclic) bond motifs is 1. The van der Waals surface area contributed by atoms with Gasteiger partial charge >= 0.3 is 0 Å². The Morgan fingerprint density at radius 1 is 1.27 bits per heavy atom. The van der Waals surface area contributed by atoms with E-state index in [9.17, 15) is 9.59 Å². The van der Waals surface area contributed by atoms with Crippen molar-refractivity contribution in [2.45, 2.75) is 33.0 Å². The van der Waals surface area contributed by atoms with Crippen LogP contribution in [0, 0.1) is 0 Å². The van der Waals surface area contributed by atoms with Gasteiger partial charge in [-0.1, -0.05) is 12.1 Å². The number of carbonyl (C=O) groups excluding carboxylic acids is 2. The molecule has 3 aromatic rings. The molecule has 2 N–H and O–H groups in total. The first kappa shape index (κ1) is 18.6. The van der Waals surface area contributed by atoms with Gasteiger partial charge in [0.1, 0.15) is 11.9 Å². The Balaban J connectivity index is 1.62. The maximum absolute atomic E-state index is 12.3. The van der Waals surface area contributed by atoms with Crippen molar-refractivity contribution in [3.05, 3.63) is 50.9 Å². The Hall–Kier alpha value is -2.19. The molecule has 6 nitrogen and oxygen atoms in total. The van der Waals surface area contributed by atoms with Crippen LogP contribution >= 0.6 is 27.3 Å². The fourth-order valence-electron chi connectivity index (χ4n) is 2.70. The quantitative estimate of drug-likeness (QED) is 0.624.